The van der Waals surface area contributed by atoms with Crippen molar-refractivity contribution >= 4 is 23.6 Å². The van der Waals surface area contributed by atoms with Crippen LogP contribution in [0.25, 0.3) is 0 Å². The highest BCUT2D eigenvalue weighted by molar-refractivity contribution is 7.99. The van der Waals surface area contributed by atoms with Crippen LogP contribution < -0.4 is 5.32 Å². The molecule has 0 aliphatic carbocycles. The van der Waals surface area contributed by atoms with Crippen LogP contribution in [0.3, 0.4) is 0 Å². The first kappa shape index (κ1) is 17.4. The summed E-state index contributed by atoms with van der Waals surface area (Å²) in [6.07, 6.45) is 2.00. The second-order valence-corrected chi connectivity index (χ2v) is 6.18. The average molecular weight is 315 g/mol. The molecular formula is C12H21N5O3S. The fourth-order valence-corrected chi connectivity index (χ4v) is 2.32. The lowest BCUT2D eigenvalue weighted by Gasteiger charge is -2.14. The summed E-state index contributed by atoms with van der Waals surface area (Å²) in [5, 5.41) is 22.6. The highest BCUT2D eigenvalue weighted by atomic mass is 32.2. The molecule has 2 N–H and O–H groups in total. The van der Waals surface area contributed by atoms with Crippen LogP contribution in [0.5, 0.6) is 0 Å². The maximum Gasteiger partial charge on any atom is 0.325 e. The molecule has 0 aromatic carbocycles. The summed E-state index contributed by atoms with van der Waals surface area (Å²) >= 11 is 1.12. The molecule has 1 atom stereocenters. The van der Waals surface area contributed by atoms with E-state index in [1.165, 1.54) is 0 Å². The predicted molar refractivity (Wildman–Crippen MR) is 77.9 cm³/mol. The number of carbonyl (C=O) groups excluding carboxylic acids is 1. The van der Waals surface area contributed by atoms with Gasteiger partial charge in [0.2, 0.25) is 11.1 Å². The molecule has 1 unspecified atom stereocenters. The first-order valence-electron chi connectivity index (χ1n) is 6.78. The maximum atomic E-state index is 11.8. The molecule has 0 aliphatic rings. The lowest BCUT2D eigenvalue weighted by molar-refractivity contribution is -0.138. The number of hydrogen-bond donors (Lipinski definition) is 2. The molecule has 0 bridgehead atoms. The van der Waals surface area contributed by atoms with E-state index in [0.717, 1.165) is 29.3 Å². The molecule has 0 saturated carbocycles. The van der Waals surface area contributed by atoms with Crippen molar-refractivity contribution in [3.63, 3.8) is 0 Å². The fourth-order valence-electron chi connectivity index (χ4n) is 1.63. The van der Waals surface area contributed by atoms with Crippen LogP contribution in [0.2, 0.25) is 0 Å². The van der Waals surface area contributed by atoms with E-state index in [-0.39, 0.29) is 24.2 Å². The van der Waals surface area contributed by atoms with Gasteiger partial charge in [-0.2, -0.15) is 0 Å². The van der Waals surface area contributed by atoms with E-state index in [9.17, 15) is 9.59 Å². The van der Waals surface area contributed by atoms with Crippen LogP contribution in [0, 0.1) is 5.92 Å². The molecule has 1 aromatic heterocycles. The Balaban J connectivity index is 2.36. The van der Waals surface area contributed by atoms with Crippen LogP contribution in [-0.4, -0.2) is 49.0 Å². The summed E-state index contributed by atoms with van der Waals surface area (Å²) in [4.78, 5) is 22.4. The summed E-state index contributed by atoms with van der Waals surface area (Å²) in [6.45, 7) is 5.94. The van der Waals surface area contributed by atoms with Gasteiger partial charge in [0, 0.05) is 6.04 Å². The minimum absolute atomic E-state index is 0.110. The van der Waals surface area contributed by atoms with Crippen molar-refractivity contribution in [2.24, 2.45) is 5.92 Å². The smallest absolute Gasteiger partial charge is 0.325 e. The lowest BCUT2D eigenvalue weighted by atomic mass is 10.0. The molecule has 21 heavy (non-hydrogen) atoms. The highest BCUT2D eigenvalue weighted by Gasteiger charge is 2.13. The minimum atomic E-state index is -1.03. The predicted octanol–water partition coefficient (Wildman–Crippen LogP) is 0.791. The van der Waals surface area contributed by atoms with Gasteiger partial charge >= 0.3 is 5.97 Å². The third-order valence-corrected chi connectivity index (χ3v) is 3.66. The van der Waals surface area contributed by atoms with Gasteiger partial charge in [-0.1, -0.05) is 25.6 Å². The van der Waals surface area contributed by atoms with Crippen LogP contribution in [0.1, 0.15) is 33.6 Å². The van der Waals surface area contributed by atoms with E-state index in [1.807, 2.05) is 6.92 Å². The number of carboxylic acid groups (broad SMARTS) is 1. The van der Waals surface area contributed by atoms with Crippen LogP contribution in [0.4, 0.5) is 0 Å². The van der Waals surface area contributed by atoms with E-state index in [4.69, 9.17) is 5.11 Å². The molecule has 1 amide bonds. The van der Waals surface area contributed by atoms with Gasteiger partial charge < -0.3 is 10.4 Å². The molecule has 118 valence electrons. The van der Waals surface area contributed by atoms with E-state index in [1.54, 1.807) is 0 Å². The number of rotatable bonds is 9. The molecule has 0 aliphatic heterocycles. The SMILES string of the molecule is CC(C)CCC(C)NC(=O)CSc1nnnn1CC(=O)O. The quantitative estimate of drug-likeness (QED) is 0.648. The van der Waals surface area contributed by atoms with E-state index in [2.05, 4.69) is 34.7 Å². The third kappa shape index (κ3) is 7.07. The first-order valence-corrected chi connectivity index (χ1v) is 7.77. The Kier molecular flexibility index (Phi) is 7.13. The molecule has 9 heteroatoms. The molecule has 1 heterocycles. The van der Waals surface area contributed by atoms with Gasteiger partial charge in [-0.3, -0.25) is 9.59 Å². The number of carbonyl (C=O) groups is 2. The van der Waals surface area contributed by atoms with Crippen molar-refractivity contribution in [2.45, 2.75) is 51.4 Å². The van der Waals surface area contributed by atoms with Gasteiger partial charge in [0.05, 0.1) is 5.75 Å². The van der Waals surface area contributed by atoms with Gasteiger partial charge in [0.1, 0.15) is 6.54 Å². The topological polar surface area (TPSA) is 110 Å². The molecule has 0 saturated heterocycles. The number of hydrogen-bond acceptors (Lipinski definition) is 6. The summed E-state index contributed by atoms with van der Waals surface area (Å²) in [5.41, 5.74) is 0. The molecule has 8 nitrogen and oxygen atoms in total. The monoisotopic (exact) mass is 315 g/mol. The zero-order valence-corrected chi connectivity index (χ0v) is 13.3. The molecule has 1 rings (SSSR count). The standard InChI is InChI=1S/C12H21N5O3S/c1-8(2)4-5-9(3)13-10(18)7-21-12-14-15-16-17(12)6-11(19)20/h8-9H,4-7H2,1-3H3,(H,13,18)(H,19,20). The normalized spacial score (nSPS) is 12.4. The van der Waals surface area contributed by atoms with E-state index < -0.39 is 5.97 Å². The average Bonchev–Trinajstić information content (AvgIpc) is 2.80. The van der Waals surface area contributed by atoms with Gasteiger partial charge in [-0.25, -0.2) is 4.68 Å². The van der Waals surface area contributed by atoms with Gasteiger partial charge in [0.25, 0.3) is 0 Å². The van der Waals surface area contributed by atoms with Crippen LogP contribution >= 0.6 is 11.8 Å². The van der Waals surface area contributed by atoms with Crippen molar-refractivity contribution in [1.82, 2.24) is 25.5 Å². The second kappa shape index (κ2) is 8.60. The summed E-state index contributed by atoms with van der Waals surface area (Å²) < 4.78 is 1.16. The lowest BCUT2D eigenvalue weighted by Crippen LogP contribution is -2.34. The summed E-state index contributed by atoms with van der Waals surface area (Å²) in [5.74, 6) is -0.372. The Labute approximate surface area is 127 Å². The van der Waals surface area contributed by atoms with E-state index in [0.29, 0.717) is 11.1 Å². The zero-order chi connectivity index (χ0) is 15.8. The second-order valence-electron chi connectivity index (χ2n) is 5.24. The van der Waals surface area contributed by atoms with Crippen molar-refractivity contribution in [3.8, 4) is 0 Å². The summed E-state index contributed by atoms with van der Waals surface area (Å²) in [7, 11) is 0. The number of nitrogens with zero attached hydrogens (tertiary/aromatic N) is 4. The van der Waals surface area contributed by atoms with Gasteiger partial charge in [-0.15, -0.1) is 5.10 Å². The number of thioether (sulfide) groups is 1. The number of carboxylic acids is 1. The Morgan fingerprint density at radius 1 is 1.33 bits per heavy atom. The Morgan fingerprint density at radius 2 is 2.05 bits per heavy atom. The van der Waals surface area contributed by atoms with Crippen molar-refractivity contribution < 1.29 is 14.7 Å². The Morgan fingerprint density at radius 3 is 2.67 bits per heavy atom. The largest absolute Gasteiger partial charge is 0.480 e. The highest BCUT2D eigenvalue weighted by Crippen LogP contribution is 2.13. The van der Waals surface area contributed by atoms with Crippen LogP contribution in [-0.2, 0) is 16.1 Å². The number of tetrazole rings is 1. The fraction of sp³-hybridized carbons (Fsp3) is 0.750. The van der Waals surface area contributed by atoms with Crippen LogP contribution in [0.15, 0.2) is 5.16 Å². The number of nitrogens with one attached hydrogen (secondary N) is 1. The van der Waals surface area contributed by atoms with E-state index >= 15 is 0 Å². The first-order chi connectivity index (χ1) is 9.88. The van der Waals surface area contributed by atoms with Crippen molar-refractivity contribution in [2.75, 3.05) is 5.75 Å². The van der Waals surface area contributed by atoms with Gasteiger partial charge in [-0.05, 0) is 36.1 Å². The van der Waals surface area contributed by atoms with Crippen molar-refractivity contribution in [3.05, 3.63) is 0 Å². The minimum Gasteiger partial charge on any atom is -0.480 e. The van der Waals surface area contributed by atoms with Crippen molar-refractivity contribution in [1.29, 1.82) is 0 Å². The summed E-state index contributed by atoms with van der Waals surface area (Å²) in [6, 6.07) is 0.121. The zero-order valence-electron chi connectivity index (χ0n) is 12.4. The Bertz CT molecular complexity index is 477. The molecule has 0 radical (unpaired) electrons. The number of amides is 1. The maximum absolute atomic E-state index is 11.8. The molecule has 0 fully saturated rings. The molecule has 1 aromatic rings. The third-order valence-electron chi connectivity index (χ3n) is 2.70. The Hall–Kier alpha value is -1.64. The molecular weight excluding hydrogens is 294 g/mol. The number of aliphatic carboxylic acids is 1. The number of aromatic nitrogens is 4. The van der Waals surface area contributed by atoms with Gasteiger partial charge in [0.15, 0.2) is 0 Å². The molecule has 0 spiro atoms.